The maximum absolute atomic E-state index is 12.1. The van der Waals surface area contributed by atoms with Gasteiger partial charge in [0, 0.05) is 5.56 Å². The number of carbonyl (C=O) groups excluding carboxylic acids is 1. The van der Waals surface area contributed by atoms with Crippen molar-refractivity contribution in [3.8, 4) is 5.75 Å². The van der Waals surface area contributed by atoms with Gasteiger partial charge < -0.3 is 15.5 Å². The summed E-state index contributed by atoms with van der Waals surface area (Å²) in [5.74, 6) is -1.48. The second-order valence-corrected chi connectivity index (χ2v) is 5.24. The van der Waals surface area contributed by atoms with Gasteiger partial charge in [-0.25, -0.2) is 4.79 Å². The number of hydrogen-bond acceptors (Lipinski definition) is 3. The average molecular weight is 277 g/mol. The molecule has 3 N–H and O–H groups in total. The van der Waals surface area contributed by atoms with E-state index in [1.54, 1.807) is 12.1 Å². The fourth-order valence-electron chi connectivity index (χ4n) is 2.72. The van der Waals surface area contributed by atoms with Crippen LogP contribution in [0.25, 0.3) is 0 Å². The van der Waals surface area contributed by atoms with Gasteiger partial charge in [0.05, 0.1) is 0 Å². The van der Waals surface area contributed by atoms with E-state index in [0.717, 1.165) is 32.1 Å². The minimum atomic E-state index is -0.995. The molecule has 0 heterocycles. The maximum Gasteiger partial charge on any atom is 0.326 e. The summed E-state index contributed by atoms with van der Waals surface area (Å²) in [6.45, 7) is 0. The van der Waals surface area contributed by atoms with E-state index in [0.29, 0.717) is 0 Å². The Balaban J connectivity index is 2.07. The van der Waals surface area contributed by atoms with E-state index in [-0.39, 0.29) is 17.2 Å². The summed E-state index contributed by atoms with van der Waals surface area (Å²) in [7, 11) is 0. The molecule has 0 spiro atoms. The van der Waals surface area contributed by atoms with Crippen LogP contribution in [-0.4, -0.2) is 28.1 Å². The highest BCUT2D eigenvalue weighted by Crippen LogP contribution is 2.27. The lowest BCUT2D eigenvalue weighted by molar-refractivity contribution is -0.141. The molecule has 1 aliphatic carbocycles. The van der Waals surface area contributed by atoms with E-state index in [9.17, 15) is 19.8 Å². The van der Waals surface area contributed by atoms with Crippen molar-refractivity contribution >= 4 is 11.9 Å². The summed E-state index contributed by atoms with van der Waals surface area (Å²) in [6.07, 6.45) is 4.81. The third-order valence-electron chi connectivity index (χ3n) is 3.78. The third kappa shape index (κ3) is 3.50. The van der Waals surface area contributed by atoms with Gasteiger partial charge in [-0.15, -0.1) is 0 Å². The number of benzene rings is 1. The number of carboxylic acid groups (broad SMARTS) is 1. The van der Waals surface area contributed by atoms with E-state index in [1.165, 1.54) is 12.1 Å². The Morgan fingerprint density at radius 2 is 1.90 bits per heavy atom. The molecule has 0 bridgehead atoms. The molecule has 0 saturated heterocycles. The Hall–Kier alpha value is -2.04. The minimum absolute atomic E-state index is 0.0116. The highest BCUT2D eigenvalue weighted by Gasteiger charge is 2.30. The van der Waals surface area contributed by atoms with Crippen LogP contribution in [0.5, 0.6) is 5.75 Å². The molecule has 1 aromatic rings. The van der Waals surface area contributed by atoms with Gasteiger partial charge >= 0.3 is 5.97 Å². The number of carbonyl (C=O) groups is 2. The van der Waals surface area contributed by atoms with Crippen molar-refractivity contribution < 1.29 is 19.8 Å². The molecule has 0 radical (unpaired) electrons. The molecule has 1 atom stereocenters. The highest BCUT2D eigenvalue weighted by atomic mass is 16.4. The lowest BCUT2D eigenvalue weighted by atomic mass is 9.84. The van der Waals surface area contributed by atoms with Gasteiger partial charge in [-0.1, -0.05) is 25.3 Å². The lowest BCUT2D eigenvalue weighted by Gasteiger charge is -2.28. The van der Waals surface area contributed by atoms with Gasteiger partial charge in [0.15, 0.2) is 0 Å². The normalized spacial score (nSPS) is 17.4. The fourth-order valence-corrected chi connectivity index (χ4v) is 2.72. The summed E-state index contributed by atoms with van der Waals surface area (Å²) in [4.78, 5) is 23.4. The van der Waals surface area contributed by atoms with E-state index in [4.69, 9.17) is 0 Å². The van der Waals surface area contributed by atoms with Gasteiger partial charge in [0.25, 0.3) is 5.91 Å². The van der Waals surface area contributed by atoms with Crippen molar-refractivity contribution in [1.82, 2.24) is 5.32 Å². The standard InChI is InChI=1S/C15H19NO4/c17-12-8-4-7-11(9-12)14(18)16-13(15(19)20)10-5-2-1-3-6-10/h4,7-10,13,17H,1-3,5-6H2,(H,16,18)(H,19,20). The van der Waals surface area contributed by atoms with Crippen LogP contribution in [0.3, 0.4) is 0 Å². The van der Waals surface area contributed by atoms with Crippen LogP contribution in [0.4, 0.5) is 0 Å². The maximum atomic E-state index is 12.1. The van der Waals surface area contributed by atoms with Gasteiger partial charge in [-0.2, -0.15) is 0 Å². The monoisotopic (exact) mass is 277 g/mol. The Morgan fingerprint density at radius 1 is 1.20 bits per heavy atom. The second-order valence-electron chi connectivity index (χ2n) is 5.24. The smallest absolute Gasteiger partial charge is 0.326 e. The number of aromatic hydroxyl groups is 1. The Kier molecular flexibility index (Phi) is 4.61. The highest BCUT2D eigenvalue weighted by molar-refractivity contribution is 5.96. The summed E-state index contributed by atoms with van der Waals surface area (Å²) >= 11 is 0. The van der Waals surface area contributed by atoms with Crippen LogP contribution < -0.4 is 5.32 Å². The zero-order valence-corrected chi connectivity index (χ0v) is 11.2. The van der Waals surface area contributed by atoms with Crippen molar-refractivity contribution in [1.29, 1.82) is 0 Å². The van der Waals surface area contributed by atoms with Crippen molar-refractivity contribution in [2.24, 2.45) is 5.92 Å². The zero-order valence-electron chi connectivity index (χ0n) is 11.2. The molecule has 2 rings (SSSR count). The molecule has 0 aliphatic heterocycles. The quantitative estimate of drug-likeness (QED) is 0.787. The summed E-state index contributed by atoms with van der Waals surface area (Å²) < 4.78 is 0. The number of amides is 1. The molecule has 108 valence electrons. The van der Waals surface area contributed by atoms with Crippen LogP contribution in [0.2, 0.25) is 0 Å². The molecular formula is C15H19NO4. The summed E-state index contributed by atoms with van der Waals surface area (Å²) in [6, 6.07) is 5.04. The Labute approximate surface area is 117 Å². The van der Waals surface area contributed by atoms with E-state index >= 15 is 0 Å². The number of nitrogens with one attached hydrogen (secondary N) is 1. The number of rotatable bonds is 4. The summed E-state index contributed by atoms with van der Waals surface area (Å²) in [5, 5.41) is 21.2. The van der Waals surface area contributed by atoms with Gasteiger partial charge in [0.1, 0.15) is 11.8 Å². The van der Waals surface area contributed by atoms with Crippen LogP contribution in [0.15, 0.2) is 24.3 Å². The van der Waals surface area contributed by atoms with Crippen LogP contribution >= 0.6 is 0 Å². The van der Waals surface area contributed by atoms with Gasteiger partial charge in [-0.05, 0) is 37.0 Å². The second kappa shape index (κ2) is 6.41. The van der Waals surface area contributed by atoms with Crippen molar-refractivity contribution in [2.45, 2.75) is 38.1 Å². The molecule has 0 aromatic heterocycles. The first kappa shape index (κ1) is 14.4. The molecular weight excluding hydrogens is 258 g/mol. The number of carboxylic acids is 1. The van der Waals surface area contributed by atoms with Gasteiger partial charge in [0.2, 0.25) is 0 Å². The van der Waals surface area contributed by atoms with Crippen LogP contribution in [0.1, 0.15) is 42.5 Å². The molecule has 5 nitrogen and oxygen atoms in total. The molecule has 1 amide bonds. The topological polar surface area (TPSA) is 86.6 Å². The molecule has 1 aromatic carbocycles. The molecule has 1 saturated carbocycles. The van der Waals surface area contributed by atoms with E-state index in [1.807, 2.05) is 0 Å². The lowest BCUT2D eigenvalue weighted by Crippen LogP contribution is -2.46. The molecule has 1 aliphatic rings. The van der Waals surface area contributed by atoms with E-state index in [2.05, 4.69) is 5.32 Å². The Morgan fingerprint density at radius 3 is 2.50 bits per heavy atom. The van der Waals surface area contributed by atoms with Crippen molar-refractivity contribution in [3.05, 3.63) is 29.8 Å². The van der Waals surface area contributed by atoms with Crippen molar-refractivity contribution in [3.63, 3.8) is 0 Å². The molecule has 20 heavy (non-hydrogen) atoms. The van der Waals surface area contributed by atoms with Gasteiger partial charge in [-0.3, -0.25) is 4.79 Å². The summed E-state index contributed by atoms with van der Waals surface area (Å²) in [5.41, 5.74) is 0.270. The minimum Gasteiger partial charge on any atom is -0.508 e. The van der Waals surface area contributed by atoms with Crippen LogP contribution in [0, 0.1) is 5.92 Å². The number of phenols is 1. The average Bonchev–Trinajstić information content (AvgIpc) is 2.45. The Bertz CT molecular complexity index is 494. The fraction of sp³-hybridized carbons (Fsp3) is 0.467. The molecule has 1 unspecified atom stereocenters. The molecule has 1 fully saturated rings. The molecule has 5 heteroatoms. The first-order valence-corrected chi connectivity index (χ1v) is 6.90. The number of phenolic OH excluding ortho intramolecular Hbond substituents is 1. The first-order valence-electron chi connectivity index (χ1n) is 6.90. The predicted molar refractivity (Wildman–Crippen MR) is 73.6 cm³/mol. The van der Waals surface area contributed by atoms with Crippen molar-refractivity contribution in [2.75, 3.05) is 0 Å². The number of aliphatic carboxylic acids is 1. The first-order chi connectivity index (χ1) is 9.58. The predicted octanol–water partition coefficient (Wildman–Crippen LogP) is 2.16. The largest absolute Gasteiger partial charge is 0.508 e. The zero-order chi connectivity index (χ0) is 14.5. The van der Waals surface area contributed by atoms with E-state index < -0.39 is 17.9 Å². The van der Waals surface area contributed by atoms with Crippen LogP contribution in [-0.2, 0) is 4.79 Å². The SMILES string of the molecule is O=C(NC(C(=O)O)C1CCCCC1)c1cccc(O)c1. The number of hydrogen-bond donors (Lipinski definition) is 3. The third-order valence-corrected chi connectivity index (χ3v) is 3.78.